The molecule has 0 aromatic heterocycles. The minimum absolute atomic E-state index is 0.0560. The van der Waals surface area contributed by atoms with Gasteiger partial charge in [0.1, 0.15) is 5.75 Å². The van der Waals surface area contributed by atoms with E-state index < -0.39 is 6.61 Å². The summed E-state index contributed by atoms with van der Waals surface area (Å²) in [6.07, 6.45) is 0. The van der Waals surface area contributed by atoms with Crippen LogP contribution in [0.15, 0.2) is 48.5 Å². The first-order valence-electron chi connectivity index (χ1n) is 8.00. The Bertz CT molecular complexity index is 723. The Balaban J connectivity index is 1.62. The van der Waals surface area contributed by atoms with Gasteiger partial charge in [0.25, 0.3) is 0 Å². The summed E-state index contributed by atoms with van der Waals surface area (Å²) in [4.78, 5) is 14.4. The first-order valence-corrected chi connectivity index (χ1v) is 8.00. The average Bonchev–Trinajstić information content (AvgIpc) is 2.79. The summed E-state index contributed by atoms with van der Waals surface area (Å²) in [7, 11) is 0. The summed E-state index contributed by atoms with van der Waals surface area (Å²) in [5.41, 5.74) is 2.73. The molecule has 0 atom stereocenters. The van der Waals surface area contributed by atoms with Gasteiger partial charge < -0.3 is 20.3 Å². The molecule has 1 heterocycles. The quantitative estimate of drug-likeness (QED) is 0.873. The molecular formula is C18H19F2N3O2. The number of ether oxygens (including phenoxy) is 1. The van der Waals surface area contributed by atoms with Crippen LogP contribution in [0.2, 0.25) is 0 Å². The lowest BCUT2D eigenvalue weighted by Gasteiger charge is -2.23. The molecule has 0 radical (unpaired) electrons. The number of nitrogens with zero attached hydrogens (tertiary/aromatic N) is 1. The number of halogens is 2. The van der Waals surface area contributed by atoms with Gasteiger partial charge in [-0.1, -0.05) is 18.2 Å². The number of alkyl halides is 2. The van der Waals surface area contributed by atoms with Crippen LogP contribution in [0.5, 0.6) is 5.75 Å². The van der Waals surface area contributed by atoms with Crippen molar-refractivity contribution in [2.75, 3.05) is 29.9 Å². The molecule has 0 bridgehead atoms. The fourth-order valence-corrected chi connectivity index (χ4v) is 2.78. The van der Waals surface area contributed by atoms with Crippen LogP contribution in [-0.2, 0) is 11.3 Å². The molecule has 2 N–H and O–H groups in total. The van der Waals surface area contributed by atoms with Crippen molar-refractivity contribution in [3.8, 4) is 5.75 Å². The number of anilines is 2. The number of benzene rings is 2. The zero-order valence-corrected chi connectivity index (χ0v) is 13.5. The zero-order valence-electron chi connectivity index (χ0n) is 13.5. The van der Waals surface area contributed by atoms with Crippen molar-refractivity contribution in [2.24, 2.45) is 0 Å². The SMILES string of the molecule is O=C(CN1CCNCc2ccccc21)Nc1ccc(OC(F)F)cc1. The molecule has 1 aliphatic heterocycles. The summed E-state index contributed by atoms with van der Waals surface area (Å²) < 4.78 is 28.6. The van der Waals surface area contributed by atoms with Crippen LogP contribution in [0.3, 0.4) is 0 Å². The topological polar surface area (TPSA) is 53.6 Å². The summed E-state index contributed by atoms with van der Waals surface area (Å²) >= 11 is 0. The highest BCUT2D eigenvalue weighted by Gasteiger charge is 2.17. The summed E-state index contributed by atoms with van der Waals surface area (Å²) in [5, 5.41) is 6.11. The molecule has 0 aliphatic carbocycles. The van der Waals surface area contributed by atoms with Gasteiger partial charge >= 0.3 is 6.61 Å². The third kappa shape index (κ3) is 4.67. The van der Waals surface area contributed by atoms with Crippen LogP contribution in [0.25, 0.3) is 0 Å². The molecule has 25 heavy (non-hydrogen) atoms. The largest absolute Gasteiger partial charge is 0.435 e. The third-order valence-corrected chi connectivity index (χ3v) is 3.90. The van der Waals surface area contributed by atoms with E-state index in [-0.39, 0.29) is 18.2 Å². The van der Waals surface area contributed by atoms with Gasteiger partial charge in [-0.2, -0.15) is 8.78 Å². The predicted molar refractivity (Wildman–Crippen MR) is 92.1 cm³/mol. The number of nitrogens with one attached hydrogen (secondary N) is 2. The van der Waals surface area contributed by atoms with Crippen molar-refractivity contribution >= 4 is 17.3 Å². The first-order chi connectivity index (χ1) is 12.1. The smallest absolute Gasteiger partial charge is 0.387 e. The van der Waals surface area contributed by atoms with Crippen LogP contribution in [0, 0.1) is 0 Å². The minimum atomic E-state index is -2.86. The van der Waals surface area contributed by atoms with E-state index in [2.05, 4.69) is 15.4 Å². The fraction of sp³-hybridized carbons (Fsp3) is 0.278. The van der Waals surface area contributed by atoms with Crippen molar-refractivity contribution in [1.82, 2.24) is 5.32 Å². The number of fused-ring (bicyclic) bond motifs is 1. The molecule has 0 unspecified atom stereocenters. The Morgan fingerprint density at radius 2 is 1.96 bits per heavy atom. The zero-order chi connectivity index (χ0) is 17.6. The average molecular weight is 347 g/mol. The highest BCUT2D eigenvalue weighted by atomic mass is 19.3. The van der Waals surface area contributed by atoms with E-state index in [1.54, 1.807) is 0 Å². The van der Waals surface area contributed by atoms with E-state index in [9.17, 15) is 13.6 Å². The molecule has 0 spiro atoms. The fourth-order valence-electron chi connectivity index (χ4n) is 2.78. The number of carbonyl (C=O) groups is 1. The molecule has 1 aliphatic rings. The molecule has 0 saturated carbocycles. The molecule has 7 heteroatoms. The highest BCUT2D eigenvalue weighted by molar-refractivity contribution is 5.94. The molecule has 5 nitrogen and oxygen atoms in total. The van der Waals surface area contributed by atoms with Gasteiger partial charge in [-0.05, 0) is 35.9 Å². The second-order valence-corrected chi connectivity index (χ2v) is 5.68. The predicted octanol–water partition coefficient (Wildman–Crippen LogP) is 2.84. The standard InChI is InChI=1S/C18H19F2N3O2/c19-18(20)25-15-7-5-14(6-8-15)22-17(24)12-23-10-9-21-11-13-3-1-2-4-16(13)23/h1-8,18,21H,9-12H2,(H,22,24). The molecule has 0 fully saturated rings. The number of hydrogen-bond acceptors (Lipinski definition) is 4. The first kappa shape index (κ1) is 17.2. The maximum atomic E-state index is 12.3. The Labute approximate surface area is 144 Å². The monoisotopic (exact) mass is 347 g/mol. The number of para-hydroxylation sites is 1. The lowest BCUT2D eigenvalue weighted by atomic mass is 10.1. The number of hydrogen-bond donors (Lipinski definition) is 2. The number of rotatable bonds is 5. The van der Waals surface area contributed by atoms with E-state index in [0.717, 1.165) is 30.9 Å². The Morgan fingerprint density at radius 1 is 1.20 bits per heavy atom. The second-order valence-electron chi connectivity index (χ2n) is 5.68. The van der Waals surface area contributed by atoms with Gasteiger partial charge in [0.2, 0.25) is 5.91 Å². The third-order valence-electron chi connectivity index (χ3n) is 3.90. The molecular weight excluding hydrogens is 328 g/mol. The summed E-state index contributed by atoms with van der Waals surface area (Å²) in [6.45, 7) is -0.349. The lowest BCUT2D eigenvalue weighted by Crippen LogP contribution is -2.36. The van der Waals surface area contributed by atoms with Gasteiger partial charge in [-0.25, -0.2) is 0 Å². The van der Waals surface area contributed by atoms with Crippen LogP contribution < -0.4 is 20.3 Å². The van der Waals surface area contributed by atoms with Crippen LogP contribution in [0.4, 0.5) is 20.2 Å². The van der Waals surface area contributed by atoms with Gasteiger partial charge in [0.05, 0.1) is 6.54 Å². The van der Waals surface area contributed by atoms with Gasteiger partial charge in [0.15, 0.2) is 0 Å². The molecule has 1 amide bonds. The number of carbonyl (C=O) groups excluding carboxylic acids is 1. The lowest BCUT2D eigenvalue weighted by molar-refractivity contribution is -0.115. The molecule has 132 valence electrons. The van der Waals surface area contributed by atoms with E-state index in [4.69, 9.17) is 0 Å². The molecule has 3 rings (SSSR count). The van der Waals surface area contributed by atoms with Crippen molar-refractivity contribution in [3.05, 3.63) is 54.1 Å². The highest BCUT2D eigenvalue weighted by Crippen LogP contribution is 2.22. The normalized spacial score (nSPS) is 14.0. The van der Waals surface area contributed by atoms with Crippen molar-refractivity contribution in [1.29, 1.82) is 0 Å². The Hall–Kier alpha value is -2.67. The van der Waals surface area contributed by atoms with Gasteiger partial charge in [0, 0.05) is 31.0 Å². The van der Waals surface area contributed by atoms with Gasteiger partial charge in [-0.15, -0.1) is 0 Å². The second kappa shape index (κ2) is 7.94. The summed E-state index contributed by atoms with van der Waals surface area (Å²) in [6, 6.07) is 13.8. The molecule has 2 aromatic carbocycles. The van der Waals surface area contributed by atoms with Crippen molar-refractivity contribution < 1.29 is 18.3 Å². The van der Waals surface area contributed by atoms with E-state index in [1.807, 2.05) is 29.2 Å². The Morgan fingerprint density at radius 3 is 2.72 bits per heavy atom. The maximum Gasteiger partial charge on any atom is 0.387 e. The van der Waals surface area contributed by atoms with Crippen LogP contribution >= 0.6 is 0 Å². The van der Waals surface area contributed by atoms with E-state index in [1.165, 1.54) is 24.3 Å². The van der Waals surface area contributed by atoms with Crippen molar-refractivity contribution in [2.45, 2.75) is 13.2 Å². The minimum Gasteiger partial charge on any atom is -0.435 e. The van der Waals surface area contributed by atoms with Crippen molar-refractivity contribution in [3.63, 3.8) is 0 Å². The van der Waals surface area contributed by atoms with Gasteiger partial charge in [-0.3, -0.25) is 4.79 Å². The number of amides is 1. The van der Waals surface area contributed by atoms with E-state index >= 15 is 0 Å². The van der Waals surface area contributed by atoms with Crippen LogP contribution in [0.1, 0.15) is 5.56 Å². The Kier molecular flexibility index (Phi) is 5.45. The molecule has 0 saturated heterocycles. The summed E-state index contributed by atoms with van der Waals surface area (Å²) in [5.74, 6) is -0.111. The maximum absolute atomic E-state index is 12.3. The van der Waals surface area contributed by atoms with E-state index in [0.29, 0.717) is 5.69 Å². The molecule has 2 aromatic rings. The van der Waals surface area contributed by atoms with Crippen LogP contribution in [-0.4, -0.2) is 32.2 Å².